The molecule has 1 saturated carbocycles. The average Bonchev–Trinajstić information content (AvgIpc) is 2.75. The zero-order valence-electron chi connectivity index (χ0n) is 18.5. The molecule has 1 saturated heterocycles. The number of nitrogens with one attached hydrogen (secondary N) is 4. The smallest absolute Gasteiger partial charge is 0.279 e. The Morgan fingerprint density at radius 1 is 1.03 bits per heavy atom. The summed E-state index contributed by atoms with van der Waals surface area (Å²) in [7, 11) is 1.89. The molecular weight excluding hydrogens is 380 g/mol. The van der Waals surface area contributed by atoms with Crippen molar-refractivity contribution >= 4 is 17.5 Å². The summed E-state index contributed by atoms with van der Waals surface area (Å²) in [6.45, 7) is 6.99. The number of quaternary nitrogens is 2. The van der Waals surface area contributed by atoms with Crippen molar-refractivity contribution in [3.05, 3.63) is 29.8 Å². The average molecular weight is 419 g/mol. The molecule has 1 aromatic carbocycles. The van der Waals surface area contributed by atoms with E-state index in [9.17, 15) is 9.59 Å². The molecule has 0 aromatic heterocycles. The van der Waals surface area contributed by atoms with Gasteiger partial charge in [0.2, 0.25) is 0 Å². The number of hydrogen-bond acceptors (Lipinski definition) is 3. The van der Waals surface area contributed by atoms with Crippen LogP contribution in [0.2, 0.25) is 0 Å². The van der Waals surface area contributed by atoms with Gasteiger partial charge in [0.1, 0.15) is 18.6 Å². The number of hydrogen-bond donors (Lipinski definition) is 4. The lowest BCUT2D eigenvalue weighted by Gasteiger charge is -2.45. The maximum atomic E-state index is 12.6. The van der Waals surface area contributed by atoms with Crippen LogP contribution in [-0.4, -0.2) is 70.3 Å². The number of amides is 2. The summed E-state index contributed by atoms with van der Waals surface area (Å²) >= 11 is 0. The summed E-state index contributed by atoms with van der Waals surface area (Å²) in [5, 5.41) is 6.10. The molecule has 2 amide bonds. The first-order chi connectivity index (χ1) is 14.5. The van der Waals surface area contributed by atoms with Gasteiger partial charge in [-0.25, -0.2) is 0 Å². The number of anilines is 1. The minimum Gasteiger partial charge on any atom is -0.370 e. The molecule has 30 heavy (non-hydrogen) atoms. The molecule has 0 radical (unpaired) electrons. The van der Waals surface area contributed by atoms with Gasteiger partial charge in [0.15, 0.2) is 13.1 Å². The largest absolute Gasteiger partial charge is 0.370 e. The minimum atomic E-state index is -0.0781. The minimum absolute atomic E-state index is 0.0215. The Morgan fingerprint density at radius 2 is 1.67 bits per heavy atom. The molecule has 2 aliphatic rings. The van der Waals surface area contributed by atoms with Gasteiger partial charge < -0.3 is 25.2 Å². The number of carbonyl (C=O) groups excluding carboxylic acids is 2. The van der Waals surface area contributed by atoms with E-state index < -0.39 is 0 Å². The zero-order valence-corrected chi connectivity index (χ0v) is 18.5. The van der Waals surface area contributed by atoms with Crippen molar-refractivity contribution in [2.75, 3.05) is 58.3 Å². The van der Waals surface area contributed by atoms with E-state index in [1.807, 2.05) is 38.2 Å². The van der Waals surface area contributed by atoms with Gasteiger partial charge in [-0.05, 0) is 31.9 Å². The van der Waals surface area contributed by atoms with Crippen molar-refractivity contribution in [1.29, 1.82) is 0 Å². The molecule has 7 heteroatoms. The van der Waals surface area contributed by atoms with E-state index in [4.69, 9.17) is 4.74 Å². The van der Waals surface area contributed by atoms with E-state index >= 15 is 0 Å². The van der Waals surface area contributed by atoms with E-state index in [-0.39, 0.29) is 23.9 Å². The highest BCUT2D eigenvalue weighted by Gasteiger charge is 2.42. The molecule has 1 aliphatic carbocycles. The Morgan fingerprint density at radius 3 is 2.33 bits per heavy atom. The van der Waals surface area contributed by atoms with Crippen LogP contribution in [0.25, 0.3) is 0 Å². The van der Waals surface area contributed by atoms with Crippen molar-refractivity contribution in [3.63, 3.8) is 0 Å². The third-order valence-corrected chi connectivity index (χ3v) is 6.54. The van der Waals surface area contributed by atoms with Gasteiger partial charge in [-0.3, -0.25) is 9.59 Å². The van der Waals surface area contributed by atoms with Gasteiger partial charge in [-0.1, -0.05) is 24.1 Å². The highest BCUT2D eigenvalue weighted by atomic mass is 16.5. The SMILES string of the molecule is Cc1ccc(NC(=O)C[NH+](C)CC(=O)NCC2([NH+]3CCOCC3)CCCCC2)cc1. The molecule has 1 heterocycles. The summed E-state index contributed by atoms with van der Waals surface area (Å²) in [4.78, 5) is 27.3. The van der Waals surface area contributed by atoms with Crippen LogP contribution in [0.1, 0.15) is 37.7 Å². The lowest BCUT2D eigenvalue weighted by Crippen LogP contribution is -3.23. The first kappa shape index (κ1) is 22.7. The monoisotopic (exact) mass is 418 g/mol. The molecule has 0 spiro atoms. The molecule has 3 rings (SSSR count). The molecule has 4 N–H and O–H groups in total. The van der Waals surface area contributed by atoms with Crippen molar-refractivity contribution in [2.45, 2.75) is 44.6 Å². The fourth-order valence-electron chi connectivity index (χ4n) is 4.82. The maximum Gasteiger partial charge on any atom is 0.279 e. The van der Waals surface area contributed by atoms with Gasteiger partial charge in [-0.2, -0.15) is 0 Å². The van der Waals surface area contributed by atoms with Crippen molar-refractivity contribution < 1.29 is 24.1 Å². The molecule has 1 unspecified atom stereocenters. The van der Waals surface area contributed by atoms with E-state index in [0.717, 1.165) is 49.0 Å². The van der Waals surface area contributed by atoms with Gasteiger partial charge in [0, 0.05) is 18.5 Å². The van der Waals surface area contributed by atoms with Gasteiger partial charge in [0.25, 0.3) is 11.8 Å². The number of rotatable bonds is 8. The fraction of sp³-hybridized carbons (Fsp3) is 0.652. The predicted molar refractivity (Wildman–Crippen MR) is 117 cm³/mol. The number of aryl methyl sites for hydroxylation is 1. The Labute approximate surface area is 180 Å². The molecule has 7 nitrogen and oxygen atoms in total. The molecule has 1 atom stereocenters. The Kier molecular flexibility index (Phi) is 8.24. The standard InChI is InChI=1S/C23H36N4O3/c1-19-6-8-20(9-7-19)25-22(29)17-26(2)16-21(28)24-18-23(10-4-3-5-11-23)27-12-14-30-15-13-27/h6-9H,3-5,10-18H2,1-2H3,(H,24,28)(H,25,29)/p+2. The highest BCUT2D eigenvalue weighted by molar-refractivity contribution is 5.91. The highest BCUT2D eigenvalue weighted by Crippen LogP contribution is 2.25. The maximum absolute atomic E-state index is 12.6. The molecule has 0 bridgehead atoms. The molecule has 1 aromatic rings. The zero-order chi connectivity index (χ0) is 21.4. The van der Waals surface area contributed by atoms with Gasteiger partial charge in [0.05, 0.1) is 26.8 Å². The number of likely N-dealkylation sites (N-methyl/N-ethyl adjacent to an activating group) is 1. The van der Waals surface area contributed by atoms with Crippen molar-refractivity contribution in [2.24, 2.45) is 0 Å². The topological polar surface area (TPSA) is 76.3 Å². The summed E-state index contributed by atoms with van der Waals surface area (Å²) in [5.74, 6) is -0.0566. The Balaban J connectivity index is 1.45. The number of morpholine rings is 1. The summed E-state index contributed by atoms with van der Waals surface area (Å²) < 4.78 is 5.55. The normalized spacial score (nSPS) is 20.3. The summed E-state index contributed by atoms with van der Waals surface area (Å²) in [6.07, 6.45) is 6.12. The first-order valence-electron chi connectivity index (χ1n) is 11.3. The Hall–Kier alpha value is -1.96. The summed E-state index contributed by atoms with van der Waals surface area (Å²) in [5.41, 5.74) is 2.09. The van der Waals surface area contributed by atoms with Crippen LogP contribution >= 0.6 is 0 Å². The van der Waals surface area contributed by atoms with Crippen LogP contribution in [0.5, 0.6) is 0 Å². The molecule has 1 aliphatic heterocycles. The third-order valence-electron chi connectivity index (χ3n) is 6.54. The summed E-state index contributed by atoms with van der Waals surface area (Å²) in [6, 6.07) is 7.73. The van der Waals surface area contributed by atoms with Crippen LogP contribution in [-0.2, 0) is 14.3 Å². The van der Waals surface area contributed by atoms with Crippen molar-refractivity contribution in [1.82, 2.24) is 5.32 Å². The third kappa shape index (κ3) is 6.52. The van der Waals surface area contributed by atoms with E-state index in [1.165, 1.54) is 32.1 Å². The number of ether oxygens (including phenoxy) is 1. The van der Waals surface area contributed by atoms with Crippen LogP contribution in [0, 0.1) is 6.92 Å². The van der Waals surface area contributed by atoms with Gasteiger partial charge in [-0.15, -0.1) is 0 Å². The Bertz CT molecular complexity index is 695. The van der Waals surface area contributed by atoms with Crippen LogP contribution < -0.4 is 20.4 Å². The van der Waals surface area contributed by atoms with Crippen LogP contribution in [0.3, 0.4) is 0 Å². The molecular formula is C23H38N4O3+2. The van der Waals surface area contributed by atoms with Crippen molar-refractivity contribution in [3.8, 4) is 0 Å². The number of carbonyl (C=O) groups is 2. The van der Waals surface area contributed by atoms with E-state index in [2.05, 4.69) is 10.6 Å². The second kappa shape index (κ2) is 10.9. The molecule has 2 fully saturated rings. The van der Waals surface area contributed by atoms with Crippen LogP contribution in [0.15, 0.2) is 24.3 Å². The van der Waals surface area contributed by atoms with Gasteiger partial charge >= 0.3 is 0 Å². The molecule has 166 valence electrons. The van der Waals surface area contributed by atoms with E-state index in [1.54, 1.807) is 4.90 Å². The van der Waals surface area contributed by atoms with Crippen LogP contribution in [0.4, 0.5) is 5.69 Å². The quantitative estimate of drug-likeness (QED) is 0.446. The second-order valence-electron chi connectivity index (χ2n) is 9.06. The second-order valence-corrected chi connectivity index (χ2v) is 9.06. The number of benzene rings is 1. The fourth-order valence-corrected chi connectivity index (χ4v) is 4.82. The predicted octanol–water partition coefficient (Wildman–Crippen LogP) is -0.818. The first-order valence-corrected chi connectivity index (χ1v) is 11.3. The van der Waals surface area contributed by atoms with E-state index in [0.29, 0.717) is 6.54 Å². The lowest BCUT2D eigenvalue weighted by molar-refractivity contribution is -0.960. The lowest BCUT2D eigenvalue weighted by atomic mass is 9.79.